The van der Waals surface area contributed by atoms with Crippen LogP contribution in [0.5, 0.6) is 0 Å². The van der Waals surface area contributed by atoms with Crippen molar-refractivity contribution < 1.29 is 56.3 Å². The van der Waals surface area contributed by atoms with E-state index < -0.39 is 48.3 Å². The van der Waals surface area contributed by atoms with Crippen LogP contribution in [0, 0.1) is 11.7 Å². The Hall–Kier alpha value is -0.0851. The van der Waals surface area contributed by atoms with Crippen LogP contribution in [0.15, 0.2) is 0 Å². The molecule has 0 spiro atoms. The first kappa shape index (κ1) is 23.0. The predicted molar refractivity (Wildman–Crippen MR) is 81.7 cm³/mol. The second-order valence-electron chi connectivity index (χ2n) is 4.59. The van der Waals surface area contributed by atoms with E-state index in [1.807, 2.05) is 0 Å². The Labute approximate surface area is 143 Å². The van der Waals surface area contributed by atoms with Crippen molar-refractivity contribution in [2.45, 2.75) is 24.6 Å². The third-order valence-electron chi connectivity index (χ3n) is 2.54. The molecule has 0 aromatic rings. The average molecular weight is 422 g/mol. The van der Waals surface area contributed by atoms with Crippen molar-refractivity contribution in [3.63, 3.8) is 0 Å². The van der Waals surface area contributed by atoms with Crippen LogP contribution >= 0.6 is 23.5 Å². The van der Waals surface area contributed by atoms with Crippen LogP contribution in [-0.4, -0.2) is 63.3 Å². The normalized spacial score (nSPS) is 28.5. The molecule has 5 atom stereocenters. The number of rotatable bonds is 8. The van der Waals surface area contributed by atoms with E-state index in [0.29, 0.717) is 0 Å². The van der Waals surface area contributed by atoms with Crippen molar-refractivity contribution in [1.29, 1.82) is 0 Å². The van der Waals surface area contributed by atoms with Gasteiger partial charge in [-0.15, -0.1) is 5.92 Å². The number of ether oxygens (including phenoxy) is 1. The fraction of sp³-hybridized carbons (Fsp3) is 0.750. The lowest BCUT2D eigenvalue weighted by molar-refractivity contribution is -0.00456. The summed E-state index contributed by atoms with van der Waals surface area (Å²) in [4.78, 5) is 35.1. The van der Waals surface area contributed by atoms with Gasteiger partial charge in [0.1, 0.15) is 6.10 Å². The molecule has 17 heteroatoms. The summed E-state index contributed by atoms with van der Waals surface area (Å²) in [5, 5.41) is 9.76. The van der Waals surface area contributed by atoms with Gasteiger partial charge in [0.25, 0.3) is 7.28 Å². The van der Waals surface area contributed by atoms with E-state index in [0.717, 1.165) is 0 Å². The summed E-state index contributed by atoms with van der Waals surface area (Å²) in [6.45, 7) is -0.596. The molecule has 0 bridgehead atoms. The van der Waals surface area contributed by atoms with E-state index in [-0.39, 0.29) is 13.0 Å². The van der Waals surface area contributed by atoms with Gasteiger partial charge in [-0.2, -0.15) is 14.4 Å². The molecule has 1 heterocycles. The quantitative estimate of drug-likeness (QED) is 0.148. The fourth-order valence-corrected chi connectivity index (χ4v) is 4.73. The molecule has 1 aliphatic rings. The number of phosphoric acid groups is 3. The van der Waals surface area contributed by atoms with E-state index >= 15 is 0 Å². The summed E-state index contributed by atoms with van der Waals surface area (Å²) < 4.78 is 49.9. The molecule has 1 rings (SSSR count). The summed E-state index contributed by atoms with van der Waals surface area (Å²) >= 11 is 0. The summed E-state index contributed by atoms with van der Waals surface area (Å²) in [5.41, 5.74) is 5.17. The SMILES string of the molecule is NCC#C[B][C@H]1CC(O)[C@@H](COP(=O)(O)OP(=O)(O)OP(=O)(O)O)O1. The van der Waals surface area contributed by atoms with Crippen molar-refractivity contribution in [2.24, 2.45) is 5.73 Å². The molecule has 0 aliphatic carbocycles. The Morgan fingerprint density at radius 3 is 2.36 bits per heavy atom. The molecular formula is C8H16BNO12P3. The van der Waals surface area contributed by atoms with Gasteiger partial charge < -0.3 is 35.2 Å². The maximum atomic E-state index is 11.5. The molecule has 1 aliphatic heterocycles. The fourth-order valence-electron chi connectivity index (χ4n) is 1.70. The highest BCUT2D eigenvalue weighted by Gasteiger charge is 2.42. The van der Waals surface area contributed by atoms with E-state index in [1.165, 1.54) is 7.28 Å². The number of aliphatic hydroxyl groups is 1. The smallest absolute Gasteiger partial charge is 0.390 e. The zero-order chi connectivity index (χ0) is 19.3. The summed E-state index contributed by atoms with van der Waals surface area (Å²) in [7, 11) is -14.9. The van der Waals surface area contributed by atoms with Gasteiger partial charge in [-0.05, 0) is 6.42 Å². The van der Waals surface area contributed by atoms with Gasteiger partial charge in [-0.3, -0.25) is 4.52 Å². The topological polar surface area (TPSA) is 215 Å². The molecule has 1 fully saturated rings. The third-order valence-corrected chi connectivity index (χ3v) is 6.35. The predicted octanol–water partition coefficient (Wildman–Crippen LogP) is -1.57. The van der Waals surface area contributed by atoms with Crippen LogP contribution in [0.1, 0.15) is 6.42 Å². The number of phosphoric ester groups is 1. The molecule has 13 nitrogen and oxygen atoms in total. The second kappa shape index (κ2) is 9.22. The van der Waals surface area contributed by atoms with Gasteiger partial charge in [0.2, 0.25) is 0 Å². The Balaban J connectivity index is 2.54. The van der Waals surface area contributed by atoms with Gasteiger partial charge in [0, 0.05) is 6.00 Å². The maximum absolute atomic E-state index is 11.5. The first-order valence-electron chi connectivity index (χ1n) is 6.47. The molecule has 1 saturated heterocycles. The molecule has 25 heavy (non-hydrogen) atoms. The van der Waals surface area contributed by atoms with Gasteiger partial charge in [-0.1, -0.05) is 0 Å². The van der Waals surface area contributed by atoms with Crippen molar-refractivity contribution >= 4 is 30.7 Å². The second-order valence-corrected chi connectivity index (χ2v) is 9.01. The Kier molecular flexibility index (Phi) is 8.46. The number of hydrogen-bond acceptors (Lipinski definition) is 9. The lowest BCUT2D eigenvalue weighted by Crippen LogP contribution is -2.26. The lowest BCUT2D eigenvalue weighted by Gasteiger charge is -2.19. The molecule has 7 N–H and O–H groups in total. The summed E-state index contributed by atoms with van der Waals surface area (Å²) in [6, 6.07) is -0.594. The molecule has 143 valence electrons. The van der Waals surface area contributed by atoms with E-state index in [1.54, 1.807) is 0 Å². The van der Waals surface area contributed by atoms with Crippen molar-refractivity contribution in [3.8, 4) is 11.7 Å². The standard InChI is InChI=1S/C8H16BNO12P3/c10-3-1-2-9-8-4-6(11)7(20-8)5-19-24(15,16)22-25(17,18)21-23(12,13)14/h6-8,11H,3-5,10H2,(H,15,16)(H,17,18)(H2,12,13,14)/t6?,7-,8-/m1/s1. The molecule has 0 saturated carbocycles. The lowest BCUT2D eigenvalue weighted by atomic mass is 9.71. The summed E-state index contributed by atoms with van der Waals surface area (Å²) in [6.07, 6.45) is -2.05. The average Bonchev–Trinajstić information content (AvgIpc) is 2.73. The Bertz CT molecular complexity index is 656. The molecule has 3 unspecified atom stereocenters. The molecule has 1 radical (unpaired) electrons. The minimum Gasteiger partial charge on any atom is -0.390 e. The molecule has 0 aromatic heterocycles. The molecule has 0 amide bonds. The molecule has 0 aromatic carbocycles. The first-order chi connectivity index (χ1) is 11.3. The third kappa shape index (κ3) is 9.42. The van der Waals surface area contributed by atoms with Gasteiger partial charge in [0.05, 0.1) is 19.3 Å². The highest BCUT2D eigenvalue weighted by atomic mass is 31.3. The van der Waals surface area contributed by atoms with Crippen molar-refractivity contribution in [1.82, 2.24) is 0 Å². The monoisotopic (exact) mass is 422 g/mol. The highest BCUT2D eigenvalue weighted by Crippen LogP contribution is 2.66. The maximum Gasteiger partial charge on any atom is 0.490 e. The van der Waals surface area contributed by atoms with E-state index in [9.17, 15) is 23.7 Å². The Morgan fingerprint density at radius 2 is 1.80 bits per heavy atom. The zero-order valence-electron chi connectivity index (χ0n) is 12.4. The molecular weight excluding hydrogens is 406 g/mol. The number of aliphatic hydroxyl groups excluding tert-OH is 1. The van der Waals surface area contributed by atoms with Crippen LogP contribution in [-0.2, 0) is 31.6 Å². The van der Waals surface area contributed by atoms with Crippen LogP contribution in [0.4, 0.5) is 0 Å². The Morgan fingerprint density at radius 1 is 1.16 bits per heavy atom. The van der Waals surface area contributed by atoms with Crippen LogP contribution in [0.25, 0.3) is 0 Å². The number of hydrogen-bond donors (Lipinski definition) is 6. The summed E-state index contributed by atoms with van der Waals surface area (Å²) in [5.74, 6) is 5.12. The van der Waals surface area contributed by atoms with Gasteiger partial charge >= 0.3 is 23.5 Å². The van der Waals surface area contributed by atoms with E-state index in [4.69, 9.17) is 25.2 Å². The van der Waals surface area contributed by atoms with Crippen molar-refractivity contribution in [3.05, 3.63) is 0 Å². The number of nitrogens with two attached hydrogens (primary N) is 1. The van der Waals surface area contributed by atoms with E-state index in [2.05, 4.69) is 24.9 Å². The minimum atomic E-state index is -5.58. The van der Waals surface area contributed by atoms with Crippen LogP contribution < -0.4 is 5.73 Å². The van der Waals surface area contributed by atoms with Crippen molar-refractivity contribution in [2.75, 3.05) is 13.2 Å². The largest absolute Gasteiger partial charge is 0.490 e. The van der Waals surface area contributed by atoms with Crippen LogP contribution in [0.2, 0.25) is 0 Å². The highest BCUT2D eigenvalue weighted by molar-refractivity contribution is 7.66. The van der Waals surface area contributed by atoms with Gasteiger partial charge in [-0.25, -0.2) is 13.7 Å². The zero-order valence-corrected chi connectivity index (χ0v) is 15.1. The van der Waals surface area contributed by atoms with Crippen LogP contribution in [0.3, 0.4) is 0 Å². The minimum absolute atomic E-state index is 0.115. The van der Waals surface area contributed by atoms with Gasteiger partial charge in [0.15, 0.2) is 0 Å². The first-order valence-corrected chi connectivity index (χ1v) is 11.0.